The van der Waals surface area contributed by atoms with Gasteiger partial charge in [-0.2, -0.15) is 0 Å². The van der Waals surface area contributed by atoms with Gasteiger partial charge in [0.15, 0.2) is 17.3 Å². The molecule has 0 radical (unpaired) electrons. The minimum Gasteiger partial charge on any atom is -0.502 e. The van der Waals surface area contributed by atoms with Crippen LogP contribution >= 0.6 is 15.9 Å². The van der Waals surface area contributed by atoms with Crippen LogP contribution in [-0.4, -0.2) is 11.9 Å². The molecule has 22 heavy (non-hydrogen) atoms. The summed E-state index contributed by atoms with van der Waals surface area (Å²) < 4.78 is 17.0. The van der Waals surface area contributed by atoms with Crippen molar-refractivity contribution in [1.82, 2.24) is 0 Å². The van der Waals surface area contributed by atoms with Crippen LogP contribution in [0, 0.1) is 0 Å². The van der Waals surface area contributed by atoms with E-state index in [0.717, 1.165) is 4.47 Å². The molecule has 6 heteroatoms. The molecule has 110 valence electrons. The number of hydrogen-bond acceptors (Lipinski definition) is 5. The fourth-order valence-electron chi connectivity index (χ4n) is 2.39. The summed E-state index contributed by atoms with van der Waals surface area (Å²) in [4.78, 5) is 12.3. The second kappa shape index (κ2) is 4.78. The van der Waals surface area contributed by atoms with Crippen molar-refractivity contribution in [3.63, 3.8) is 0 Å². The number of benzene rings is 2. The molecule has 0 spiro atoms. The lowest BCUT2D eigenvalue weighted by Gasteiger charge is -2.07. The van der Waals surface area contributed by atoms with Crippen molar-refractivity contribution in [2.24, 2.45) is 0 Å². The lowest BCUT2D eigenvalue weighted by atomic mass is 10.1. The average molecular weight is 361 g/mol. The Balaban J connectivity index is 1.97. The molecule has 5 nitrogen and oxygen atoms in total. The molecule has 0 fully saturated rings. The molecule has 0 amide bonds. The van der Waals surface area contributed by atoms with Crippen molar-refractivity contribution < 1.29 is 19.0 Å². The maximum Gasteiger partial charge on any atom is 0.235 e. The van der Waals surface area contributed by atoms with E-state index in [2.05, 4.69) is 15.9 Å². The molecule has 1 aromatic heterocycles. The van der Waals surface area contributed by atoms with Gasteiger partial charge in [-0.15, -0.1) is 0 Å². The minimum absolute atomic E-state index is 0.109. The molecule has 0 saturated heterocycles. The van der Waals surface area contributed by atoms with Gasteiger partial charge in [0.2, 0.25) is 18.0 Å². The number of halogens is 1. The van der Waals surface area contributed by atoms with E-state index in [4.69, 9.17) is 13.9 Å². The minimum atomic E-state index is -0.477. The first-order valence-corrected chi connectivity index (χ1v) is 7.28. The fourth-order valence-corrected chi connectivity index (χ4v) is 2.75. The van der Waals surface area contributed by atoms with Crippen molar-refractivity contribution in [3.8, 4) is 28.6 Å². The highest BCUT2D eigenvalue weighted by Gasteiger charge is 2.19. The van der Waals surface area contributed by atoms with E-state index in [9.17, 15) is 9.90 Å². The van der Waals surface area contributed by atoms with E-state index in [1.807, 2.05) is 0 Å². The van der Waals surface area contributed by atoms with Gasteiger partial charge in [-0.25, -0.2) is 0 Å². The molecule has 0 atom stereocenters. The van der Waals surface area contributed by atoms with Crippen molar-refractivity contribution in [3.05, 3.63) is 51.1 Å². The Labute approximate surface area is 132 Å². The molecule has 4 rings (SSSR count). The quantitative estimate of drug-likeness (QED) is 0.717. The topological polar surface area (TPSA) is 68.9 Å². The van der Waals surface area contributed by atoms with E-state index in [1.54, 1.807) is 36.4 Å². The van der Waals surface area contributed by atoms with E-state index < -0.39 is 11.2 Å². The first-order valence-electron chi connectivity index (χ1n) is 6.49. The van der Waals surface area contributed by atoms with Gasteiger partial charge in [-0.1, -0.05) is 15.9 Å². The lowest BCUT2D eigenvalue weighted by molar-refractivity contribution is 0.174. The highest BCUT2D eigenvalue weighted by Crippen LogP contribution is 2.38. The van der Waals surface area contributed by atoms with Crippen LogP contribution in [0.2, 0.25) is 0 Å². The second-order valence-electron chi connectivity index (χ2n) is 4.82. The van der Waals surface area contributed by atoms with Crippen molar-refractivity contribution in [2.75, 3.05) is 6.79 Å². The third-order valence-electron chi connectivity index (χ3n) is 3.46. The van der Waals surface area contributed by atoms with Crippen LogP contribution in [0.1, 0.15) is 0 Å². The summed E-state index contributed by atoms with van der Waals surface area (Å²) in [6.45, 7) is 0.153. The van der Waals surface area contributed by atoms with Crippen LogP contribution in [0.15, 0.2) is 50.1 Å². The standard InChI is InChI=1S/C16H9BrO5/c17-9-2-4-11-10(6-9)14(18)15(19)16(22-11)8-1-3-12-13(5-8)21-7-20-12/h1-6,19H,7H2. The summed E-state index contributed by atoms with van der Waals surface area (Å²) in [7, 11) is 0. The molecule has 1 aliphatic rings. The van der Waals surface area contributed by atoms with Gasteiger partial charge in [0.25, 0.3) is 0 Å². The lowest BCUT2D eigenvalue weighted by Crippen LogP contribution is -2.02. The molecule has 0 aliphatic carbocycles. The predicted molar refractivity (Wildman–Crippen MR) is 83.4 cm³/mol. The Morgan fingerprint density at radius 2 is 1.86 bits per heavy atom. The number of rotatable bonds is 1. The molecule has 2 heterocycles. The van der Waals surface area contributed by atoms with Crippen LogP contribution in [0.25, 0.3) is 22.3 Å². The molecule has 0 saturated carbocycles. The van der Waals surface area contributed by atoms with Gasteiger partial charge >= 0.3 is 0 Å². The molecule has 3 aromatic rings. The zero-order chi connectivity index (χ0) is 15.3. The van der Waals surface area contributed by atoms with Crippen molar-refractivity contribution >= 4 is 26.9 Å². The molecular formula is C16H9BrO5. The first kappa shape index (κ1) is 13.2. The van der Waals surface area contributed by atoms with Crippen LogP contribution in [-0.2, 0) is 0 Å². The summed E-state index contributed by atoms with van der Waals surface area (Å²) in [5, 5.41) is 10.5. The molecule has 1 N–H and O–H groups in total. The first-order chi connectivity index (χ1) is 10.6. The summed E-state index contributed by atoms with van der Waals surface area (Å²) in [5.74, 6) is 0.855. The van der Waals surface area contributed by atoms with E-state index in [-0.39, 0.29) is 12.6 Å². The van der Waals surface area contributed by atoms with Gasteiger partial charge in [-0.05, 0) is 36.4 Å². The van der Waals surface area contributed by atoms with Crippen LogP contribution in [0.3, 0.4) is 0 Å². The van der Waals surface area contributed by atoms with Crippen LogP contribution < -0.4 is 14.9 Å². The van der Waals surface area contributed by atoms with Crippen molar-refractivity contribution in [1.29, 1.82) is 0 Å². The summed E-state index contributed by atoms with van der Waals surface area (Å²) in [6, 6.07) is 10.1. The van der Waals surface area contributed by atoms with E-state index in [1.165, 1.54) is 0 Å². The maximum absolute atomic E-state index is 12.3. The SMILES string of the molecule is O=c1c(O)c(-c2ccc3c(c2)OCO3)oc2ccc(Br)cc12. The summed E-state index contributed by atoms with van der Waals surface area (Å²) in [6.07, 6.45) is 0. The zero-order valence-electron chi connectivity index (χ0n) is 11.1. The monoisotopic (exact) mass is 360 g/mol. The van der Waals surface area contributed by atoms with Gasteiger partial charge in [0.05, 0.1) is 5.39 Å². The highest BCUT2D eigenvalue weighted by atomic mass is 79.9. The average Bonchev–Trinajstić information content (AvgIpc) is 2.99. The Hall–Kier alpha value is -2.47. The molecule has 0 unspecified atom stereocenters. The zero-order valence-corrected chi connectivity index (χ0v) is 12.7. The molecule has 2 aromatic carbocycles. The van der Waals surface area contributed by atoms with Gasteiger partial charge in [0.1, 0.15) is 5.58 Å². The number of ether oxygens (including phenoxy) is 2. The Bertz CT molecular complexity index is 961. The largest absolute Gasteiger partial charge is 0.502 e. The summed E-state index contributed by atoms with van der Waals surface area (Å²) in [5.41, 5.74) is 0.470. The van der Waals surface area contributed by atoms with Gasteiger partial charge in [-0.3, -0.25) is 4.79 Å². The number of fused-ring (bicyclic) bond motifs is 2. The van der Waals surface area contributed by atoms with Gasteiger partial charge in [0, 0.05) is 10.0 Å². The van der Waals surface area contributed by atoms with Crippen LogP contribution in [0.4, 0.5) is 0 Å². The van der Waals surface area contributed by atoms with E-state index in [0.29, 0.717) is 28.0 Å². The maximum atomic E-state index is 12.3. The molecular weight excluding hydrogens is 352 g/mol. The fraction of sp³-hybridized carbons (Fsp3) is 0.0625. The normalized spacial score (nSPS) is 12.8. The second-order valence-corrected chi connectivity index (χ2v) is 5.73. The number of aromatic hydroxyl groups is 1. The van der Waals surface area contributed by atoms with Crippen molar-refractivity contribution in [2.45, 2.75) is 0 Å². The molecule has 1 aliphatic heterocycles. The smallest absolute Gasteiger partial charge is 0.235 e. The number of hydrogen-bond donors (Lipinski definition) is 1. The third-order valence-corrected chi connectivity index (χ3v) is 3.96. The predicted octanol–water partition coefficient (Wildman–Crippen LogP) is 3.66. The van der Waals surface area contributed by atoms with Crippen LogP contribution in [0.5, 0.6) is 17.2 Å². The highest BCUT2D eigenvalue weighted by molar-refractivity contribution is 9.10. The molecule has 0 bridgehead atoms. The van der Waals surface area contributed by atoms with Gasteiger partial charge < -0.3 is 19.0 Å². The summed E-state index contributed by atoms with van der Waals surface area (Å²) >= 11 is 3.30. The Morgan fingerprint density at radius 3 is 2.73 bits per heavy atom. The van der Waals surface area contributed by atoms with E-state index >= 15 is 0 Å². The third kappa shape index (κ3) is 1.95. The Morgan fingerprint density at radius 1 is 1.05 bits per heavy atom. The Kier molecular flexibility index (Phi) is 2.87.